The van der Waals surface area contributed by atoms with Crippen LogP contribution in [-0.2, 0) is 0 Å². The van der Waals surface area contributed by atoms with E-state index in [4.69, 9.17) is 5.73 Å². The molecular weight excluding hydrogens is 188 g/mol. The Balaban J connectivity index is 2.69. The summed E-state index contributed by atoms with van der Waals surface area (Å²) in [4.78, 5) is 10.9. The van der Waals surface area contributed by atoms with E-state index in [9.17, 15) is 0 Å². The average Bonchev–Trinajstić information content (AvgIpc) is 2.24. The van der Waals surface area contributed by atoms with Crippen LogP contribution in [0.1, 0.15) is 25.5 Å². The topological polar surface area (TPSA) is 55.0 Å². The number of aromatic nitrogens is 2. The fraction of sp³-hybridized carbons (Fsp3) is 0.636. The molecule has 0 aliphatic carbocycles. The number of rotatable bonds is 6. The first kappa shape index (κ1) is 11.9. The summed E-state index contributed by atoms with van der Waals surface area (Å²) in [6, 6.07) is 1.91. The monoisotopic (exact) mass is 208 g/mol. The molecule has 1 heterocycles. The Bertz CT molecular complexity index is 288. The van der Waals surface area contributed by atoms with E-state index >= 15 is 0 Å². The minimum atomic E-state index is 0.714. The third kappa shape index (κ3) is 3.83. The molecule has 2 N–H and O–H groups in total. The van der Waals surface area contributed by atoms with E-state index in [2.05, 4.69) is 21.8 Å². The number of hydrogen-bond acceptors (Lipinski definition) is 4. The van der Waals surface area contributed by atoms with E-state index in [1.165, 1.54) is 0 Å². The SMILES string of the molecule is CCCN(CCCN)c1nccc(C)n1. The first-order chi connectivity index (χ1) is 7.27. The first-order valence-corrected chi connectivity index (χ1v) is 5.52. The molecule has 0 atom stereocenters. The van der Waals surface area contributed by atoms with Crippen molar-refractivity contribution < 1.29 is 0 Å². The lowest BCUT2D eigenvalue weighted by Crippen LogP contribution is -2.28. The molecule has 0 fully saturated rings. The van der Waals surface area contributed by atoms with E-state index in [1.54, 1.807) is 0 Å². The summed E-state index contributed by atoms with van der Waals surface area (Å²) in [6.07, 6.45) is 3.89. The van der Waals surface area contributed by atoms with Crippen molar-refractivity contribution in [3.8, 4) is 0 Å². The van der Waals surface area contributed by atoms with Crippen LogP contribution in [0.25, 0.3) is 0 Å². The largest absolute Gasteiger partial charge is 0.341 e. The number of nitrogens with two attached hydrogens (primary N) is 1. The summed E-state index contributed by atoms with van der Waals surface area (Å²) < 4.78 is 0. The lowest BCUT2D eigenvalue weighted by atomic mass is 10.3. The van der Waals surface area contributed by atoms with Gasteiger partial charge in [-0.15, -0.1) is 0 Å². The molecule has 0 aromatic carbocycles. The summed E-state index contributed by atoms with van der Waals surface area (Å²) in [6.45, 7) is 6.78. The van der Waals surface area contributed by atoms with Crippen LogP contribution < -0.4 is 10.6 Å². The van der Waals surface area contributed by atoms with Crippen LogP contribution in [0.5, 0.6) is 0 Å². The summed E-state index contributed by atoms with van der Waals surface area (Å²) >= 11 is 0. The zero-order chi connectivity index (χ0) is 11.1. The summed E-state index contributed by atoms with van der Waals surface area (Å²) in [7, 11) is 0. The molecule has 0 saturated carbocycles. The van der Waals surface area contributed by atoms with Crippen LogP contribution in [0.3, 0.4) is 0 Å². The van der Waals surface area contributed by atoms with Gasteiger partial charge in [-0.05, 0) is 32.4 Å². The molecule has 0 spiro atoms. The Labute approximate surface area is 91.5 Å². The van der Waals surface area contributed by atoms with E-state index in [0.29, 0.717) is 6.54 Å². The molecular formula is C11H20N4. The van der Waals surface area contributed by atoms with Gasteiger partial charge in [0.1, 0.15) is 0 Å². The van der Waals surface area contributed by atoms with E-state index < -0.39 is 0 Å². The minimum Gasteiger partial charge on any atom is -0.341 e. The van der Waals surface area contributed by atoms with Crippen LogP contribution in [-0.4, -0.2) is 29.6 Å². The van der Waals surface area contributed by atoms with Crippen LogP contribution in [0.15, 0.2) is 12.3 Å². The number of nitrogens with zero attached hydrogens (tertiary/aromatic N) is 3. The average molecular weight is 208 g/mol. The molecule has 0 amide bonds. The zero-order valence-corrected chi connectivity index (χ0v) is 9.61. The second-order valence-electron chi connectivity index (χ2n) is 3.63. The minimum absolute atomic E-state index is 0.714. The smallest absolute Gasteiger partial charge is 0.225 e. The second-order valence-corrected chi connectivity index (χ2v) is 3.63. The molecule has 0 aliphatic rings. The van der Waals surface area contributed by atoms with Gasteiger partial charge in [-0.1, -0.05) is 6.92 Å². The highest BCUT2D eigenvalue weighted by molar-refractivity contribution is 5.29. The molecule has 15 heavy (non-hydrogen) atoms. The van der Waals surface area contributed by atoms with Gasteiger partial charge in [-0.3, -0.25) is 0 Å². The standard InChI is InChI=1S/C11H20N4/c1-3-8-15(9-4-6-12)11-13-7-5-10(2)14-11/h5,7H,3-4,6,8-9,12H2,1-2H3. The Hall–Kier alpha value is -1.16. The molecule has 0 saturated heterocycles. The molecule has 0 unspecified atom stereocenters. The normalized spacial score (nSPS) is 10.3. The van der Waals surface area contributed by atoms with Crippen molar-refractivity contribution in [1.29, 1.82) is 0 Å². The molecule has 84 valence electrons. The van der Waals surface area contributed by atoms with Gasteiger partial charge < -0.3 is 10.6 Å². The lowest BCUT2D eigenvalue weighted by Gasteiger charge is -2.21. The van der Waals surface area contributed by atoms with Gasteiger partial charge in [0.2, 0.25) is 5.95 Å². The highest BCUT2D eigenvalue weighted by Crippen LogP contribution is 2.08. The summed E-state index contributed by atoms with van der Waals surface area (Å²) in [5, 5.41) is 0. The quantitative estimate of drug-likeness (QED) is 0.766. The van der Waals surface area contributed by atoms with Crippen LogP contribution >= 0.6 is 0 Å². The highest BCUT2D eigenvalue weighted by Gasteiger charge is 2.07. The van der Waals surface area contributed by atoms with Crippen LogP contribution in [0.4, 0.5) is 5.95 Å². The summed E-state index contributed by atoms with van der Waals surface area (Å²) in [5.41, 5.74) is 6.52. The molecule has 1 rings (SSSR count). The maximum atomic E-state index is 5.51. The maximum absolute atomic E-state index is 5.51. The lowest BCUT2D eigenvalue weighted by molar-refractivity contribution is 0.699. The molecule has 4 nitrogen and oxygen atoms in total. The molecule has 1 aromatic heterocycles. The van der Waals surface area contributed by atoms with Gasteiger partial charge in [0, 0.05) is 25.0 Å². The van der Waals surface area contributed by atoms with Gasteiger partial charge in [-0.25, -0.2) is 9.97 Å². The van der Waals surface area contributed by atoms with Crippen molar-refractivity contribution in [2.24, 2.45) is 5.73 Å². The van der Waals surface area contributed by atoms with E-state index in [0.717, 1.165) is 37.6 Å². The Morgan fingerprint density at radius 1 is 1.40 bits per heavy atom. The van der Waals surface area contributed by atoms with Crippen molar-refractivity contribution in [3.63, 3.8) is 0 Å². The van der Waals surface area contributed by atoms with Gasteiger partial charge in [0.15, 0.2) is 0 Å². The third-order valence-electron chi connectivity index (χ3n) is 2.19. The van der Waals surface area contributed by atoms with Crippen LogP contribution in [0, 0.1) is 6.92 Å². The van der Waals surface area contributed by atoms with Gasteiger partial charge >= 0.3 is 0 Å². The molecule has 0 radical (unpaired) electrons. The fourth-order valence-corrected chi connectivity index (χ4v) is 1.45. The van der Waals surface area contributed by atoms with E-state index in [1.807, 2.05) is 19.2 Å². The van der Waals surface area contributed by atoms with Gasteiger partial charge in [0.05, 0.1) is 0 Å². The van der Waals surface area contributed by atoms with Gasteiger partial charge in [-0.2, -0.15) is 0 Å². The number of aryl methyl sites for hydroxylation is 1. The highest BCUT2D eigenvalue weighted by atomic mass is 15.2. The second kappa shape index (κ2) is 6.35. The summed E-state index contributed by atoms with van der Waals surface area (Å²) in [5.74, 6) is 0.824. The maximum Gasteiger partial charge on any atom is 0.225 e. The zero-order valence-electron chi connectivity index (χ0n) is 9.61. The van der Waals surface area contributed by atoms with Crippen LogP contribution in [0.2, 0.25) is 0 Å². The third-order valence-corrected chi connectivity index (χ3v) is 2.19. The van der Waals surface area contributed by atoms with Crippen molar-refractivity contribution in [2.75, 3.05) is 24.5 Å². The predicted molar refractivity (Wildman–Crippen MR) is 62.9 cm³/mol. The van der Waals surface area contributed by atoms with E-state index in [-0.39, 0.29) is 0 Å². The Morgan fingerprint density at radius 2 is 2.20 bits per heavy atom. The van der Waals surface area contributed by atoms with Crippen molar-refractivity contribution >= 4 is 5.95 Å². The Kier molecular flexibility index (Phi) is 5.04. The molecule has 1 aromatic rings. The van der Waals surface area contributed by atoms with Gasteiger partial charge in [0.25, 0.3) is 0 Å². The number of hydrogen-bond donors (Lipinski definition) is 1. The van der Waals surface area contributed by atoms with Crippen molar-refractivity contribution in [1.82, 2.24) is 9.97 Å². The Morgan fingerprint density at radius 3 is 2.80 bits per heavy atom. The molecule has 0 aliphatic heterocycles. The predicted octanol–water partition coefficient (Wildman–Crippen LogP) is 1.35. The number of anilines is 1. The molecule has 0 bridgehead atoms. The first-order valence-electron chi connectivity index (χ1n) is 5.52. The fourth-order valence-electron chi connectivity index (χ4n) is 1.45. The van der Waals surface area contributed by atoms with Crippen molar-refractivity contribution in [3.05, 3.63) is 18.0 Å². The molecule has 4 heteroatoms. The van der Waals surface area contributed by atoms with Crippen molar-refractivity contribution in [2.45, 2.75) is 26.7 Å².